The van der Waals surface area contributed by atoms with Crippen molar-refractivity contribution in [3.05, 3.63) is 23.3 Å². The van der Waals surface area contributed by atoms with Gasteiger partial charge in [-0.2, -0.15) is 0 Å². The van der Waals surface area contributed by atoms with E-state index in [-0.39, 0.29) is 11.3 Å². The third kappa shape index (κ3) is 2.73. The van der Waals surface area contributed by atoms with Crippen LogP contribution in [-0.2, 0) is 4.79 Å². The minimum Gasteiger partial charge on any atom is -0.496 e. The van der Waals surface area contributed by atoms with Gasteiger partial charge in [0.05, 0.1) is 12.5 Å². The Hall–Kier alpha value is -1.55. The Morgan fingerprint density at radius 2 is 2.00 bits per heavy atom. The number of rotatable bonds is 5. The molecule has 1 aromatic carbocycles. The van der Waals surface area contributed by atoms with Crippen molar-refractivity contribution in [3.8, 4) is 5.75 Å². The van der Waals surface area contributed by atoms with E-state index in [1.165, 1.54) is 0 Å². The Bertz CT molecular complexity index is 493. The van der Waals surface area contributed by atoms with Crippen LogP contribution in [0.4, 0.5) is 5.69 Å². The van der Waals surface area contributed by atoms with E-state index in [0.717, 1.165) is 42.0 Å². The molecule has 0 radical (unpaired) electrons. The molecule has 0 atom stereocenters. The molecule has 104 valence electrons. The summed E-state index contributed by atoms with van der Waals surface area (Å²) in [6, 6.07) is 3.93. The number of nitrogens with one attached hydrogen (secondary N) is 2. The fraction of sp³-hybridized carbons (Fsp3) is 0.533. The lowest BCUT2D eigenvalue weighted by Crippen LogP contribution is -2.32. The highest BCUT2D eigenvalue weighted by Gasteiger charge is 2.49. The average molecular weight is 262 g/mol. The summed E-state index contributed by atoms with van der Waals surface area (Å²) in [5, 5.41) is 6.16. The van der Waals surface area contributed by atoms with Crippen molar-refractivity contribution in [1.29, 1.82) is 0 Å². The number of aryl methyl sites for hydroxylation is 2. The third-order valence-corrected chi connectivity index (χ3v) is 3.84. The SMILES string of the molecule is CNCC1(C(=O)Nc2cc(C)c(OC)cc2C)CC1. The fourth-order valence-electron chi connectivity index (χ4n) is 2.37. The highest BCUT2D eigenvalue weighted by atomic mass is 16.5. The predicted octanol–water partition coefficient (Wildman–Crippen LogP) is 2.25. The van der Waals surface area contributed by atoms with Gasteiger partial charge in [-0.1, -0.05) is 0 Å². The molecule has 1 aliphatic carbocycles. The van der Waals surface area contributed by atoms with E-state index in [4.69, 9.17) is 4.74 Å². The topological polar surface area (TPSA) is 50.4 Å². The van der Waals surface area contributed by atoms with E-state index in [1.54, 1.807) is 7.11 Å². The van der Waals surface area contributed by atoms with E-state index < -0.39 is 0 Å². The Morgan fingerprint density at radius 3 is 2.53 bits per heavy atom. The summed E-state index contributed by atoms with van der Waals surface area (Å²) in [7, 11) is 3.54. The Balaban J connectivity index is 2.16. The van der Waals surface area contributed by atoms with Crippen molar-refractivity contribution >= 4 is 11.6 Å². The number of ether oxygens (including phenoxy) is 1. The lowest BCUT2D eigenvalue weighted by molar-refractivity contribution is -0.120. The van der Waals surface area contributed by atoms with Crippen LogP contribution in [0.15, 0.2) is 12.1 Å². The highest BCUT2D eigenvalue weighted by Crippen LogP contribution is 2.46. The van der Waals surface area contributed by atoms with Gasteiger partial charge in [-0.15, -0.1) is 0 Å². The first kappa shape index (κ1) is 13.9. The number of methoxy groups -OCH3 is 1. The van der Waals surface area contributed by atoms with Gasteiger partial charge in [0, 0.05) is 12.2 Å². The first-order chi connectivity index (χ1) is 9.02. The molecule has 0 bridgehead atoms. The van der Waals surface area contributed by atoms with E-state index in [9.17, 15) is 4.79 Å². The fourth-order valence-corrected chi connectivity index (χ4v) is 2.37. The van der Waals surface area contributed by atoms with Gasteiger partial charge in [0.25, 0.3) is 0 Å². The molecule has 0 heterocycles. The Kier molecular flexibility index (Phi) is 3.80. The van der Waals surface area contributed by atoms with Crippen molar-refractivity contribution in [1.82, 2.24) is 5.32 Å². The van der Waals surface area contributed by atoms with Crippen LogP contribution in [0.1, 0.15) is 24.0 Å². The molecule has 19 heavy (non-hydrogen) atoms. The van der Waals surface area contributed by atoms with Crippen molar-refractivity contribution in [3.63, 3.8) is 0 Å². The molecule has 2 N–H and O–H groups in total. The van der Waals surface area contributed by atoms with Crippen molar-refractivity contribution < 1.29 is 9.53 Å². The van der Waals surface area contributed by atoms with E-state index in [2.05, 4.69) is 10.6 Å². The maximum absolute atomic E-state index is 12.3. The number of benzene rings is 1. The lowest BCUT2D eigenvalue weighted by Gasteiger charge is -2.17. The van der Waals surface area contributed by atoms with Crippen LogP contribution in [0.5, 0.6) is 5.75 Å². The van der Waals surface area contributed by atoms with Gasteiger partial charge >= 0.3 is 0 Å². The molecular formula is C15H22N2O2. The van der Waals surface area contributed by atoms with Gasteiger partial charge in [0.2, 0.25) is 5.91 Å². The largest absolute Gasteiger partial charge is 0.496 e. The van der Waals surface area contributed by atoms with Gasteiger partial charge in [0.1, 0.15) is 5.75 Å². The molecule has 0 spiro atoms. The maximum atomic E-state index is 12.3. The summed E-state index contributed by atoms with van der Waals surface area (Å²) in [6.07, 6.45) is 1.93. The summed E-state index contributed by atoms with van der Waals surface area (Å²) < 4.78 is 5.28. The zero-order valence-electron chi connectivity index (χ0n) is 12.1. The molecule has 1 aromatic rings. The van der Waals surface area contributed by atoms with Gasteiger partial charge in [0.15, 0.2) is 0 Å². The average Bonchev–Trinajstić information content (AvgIpc) is 3.15. The monoisotopic (exact) mass is 262 g/mol. The van der Waals surface area contributed by atoms with Gasteiger partial charge in [-0.25, -0.2) is 0 Å². The second kappa shape index (κ2) is 5.21. The quantitative estimate of drug-likeness (QED) is 0.855. The van der Waals surface area contributed by atoms with E-state index in [1.807, 2.05) is 33.0 Å². The molecule has 4 heteroatoms. The number of amides is 1. The van der Waals surface area contributed by atoms with Crippen LogP contribution < -0.4 is 15.4 Å². The predicted molar refractivity (Wildman–Crippen MR) is 76.7 cm³/mol. The van der Waals surface area contributed by atoms with Gasteiger partial charge in [-0.05, 0) is 57.0 Å². The maximum Gasteiger partial charge on any atom is 0.231 e. The standard InChI is InChI=1S/C15H22N2O2/c1-10-8-13(19-4)11(2)7-12(10)17-14(18)15(5-6-15)9-16-3/h7-8,16H,5-6,9H2,1-4H3,(H,17,18). The number of anilines is 1. The van der Waals surface area contributed by atoms with Crippen LogP contribution >= 0.6 is 0 Å². The zero-order chi connectivity index (χ0) is 14.0. The molecule has 1 saturated carbocycles. The van der Waals surface area contributed by atoms with Crippen LogP contribution in [-0.4, -0.2) is 26.6 Å². The van der Waals surface area contributed by atoms with Crippen molar-refractivity contribution in [2.45, 2.75) is 26.7 Å². The summed E-state index contributed by atoms with van der Waals surface area (Å²) in [4.78, 5) is 12.3. The molecule has 0 unspecified atom stereocenters. The molecule has 1 amide bonds. The molecule has 4 nitrogen and oxygen atoms in total. The Labute approximate surface area is 114 Å². The first-order valence-electron chi connectivity index (χ1n) is 6.64. The third-order valence-electron chi connectivity index (χ3n) is 3.84. The summed E-state index contributed by atoms with van der Waals surface area (Å²) >= 11 is 0. The number of carbonyl (C=O) groups is 1. The lowest BCUT2D eigenvalue weighted by atomic mass is 10.0. The molecule has 2 rings (SSSR count). The van der Waals surface area contributed by atoms with Crippen molar-refractivity contribution in [2.24, 2.45) is 5.41 Å². The van der Waals surface area contributed by atoms with Gasteiger partial charge < -0.3 is 15.4 Å². The van der Waals surface area contributed by atoms with E-state index >= 15 is 0 Å². The van der Waals surface area contributed by atoms with Gasteiger partial charge in [-0.3, -0.25) is 4.79 Å². The van der Waals surface area contributed by atoms with Crippen LogP contribution in [0, 0.1) is 19.3 Å². The second-order valence-electron chi connectivity index (χ2n) is 5.40. The zero-order valence-corrected chi connectivity index (χ0v) is 12.1. The molecule has 0 aromatic heterocycles. The van der Waals surface area contributed by atoms with Crippen LogP contribution in [0.3, 0.4) is 0 Å². The molecule has 1 fully saturated rings. The van der Waals surface area contributed by atoms with Crippen molar-refractivity contribution in [2.75, 3.05) is 26.0 Å². The normalized spacial score (nSPS) is 16.0. The number of hydrogen-bond acceptors (Lipinski definition) is 3. The highest BCUT2D eigenvalue weighted by molar-refractivity contribution is 5.98. The second-order valence-corrected chi connectivity index (χ2v) is 5.40. The molecule has 1 aliphatic rings. The minimum absolute atomic E-state index is 0.120. The first-order valence-corrected chi connectivity index (χ1v) is 6.64. The van der Waals surface area contributed by atoms with Crippen LogP contribution in [0.2, 0.25) is 0 Å². The summed E-state index contributed by atoms with van der Waals surface area (Å²) in [6.45, 7) is 4.71. The number of carbonyl (C=O) groups excluding carboxylic acids is 1. The summed E-state index contributed by atoms with van der Waals surface area (Å²) in [5.41, 5.74) is 2.73. The summed E-state index contributed by atoms with van der Waals surface area (Å²) in [5.74, 6) is 0.973. The molecular weight excluding hydrogens is 240 g/mol. The van der Waals surface area contributed by atoms with E-state index in [0.29, 0.717) is 0 Å². The molecule has 0 aliphatic heterocycles. The smallest absolute Gasteiger partial charge is 0.231 e. The van der Waals surface area contributed by atoms with Crippen LogP contribution in [0.25, 0.3) is 0 Å². The number of hydrogen-bond donors (Lipinski definition) is 2. The Morgan fingerprint density at radius 1 is 1.32 bits per heavy atom. The molecule has 0 saturated heterocycles. The minimum atomic E-state index is -0.199.